The zero-order chi connectivity index (χ0) is 23.1. The van der Waals surface area contributed by atoms with E-state index in [0.29, 0.717) is 31.8 Å². The minimum absolute atomic E-state index is 0.0129. The second kappa shape index (κ2) is 10.8. The van der Waals surface area contributed by atoms with Crippen molar-refractivity contribution in [2.75, 3.05) is 38.0 Å². The molecule has 2 N–H and O–H groups in total. The molecule has 3 saturated heterocycles. The van der Waals surface area contributed by atoms with Crippen molar-refractivity contribution in [2.24, 2.45) is 5.41 Å². The standard InChI is InChI=1S/C23H33N3O3.CH2O2/c1-17(2)19-7-3-4-8-20(19)24-22(28)26-13-9-23(10-14-26)15-18(29-21(23)27)16-25-11-5-6-12-25;2-1-3/h3-4,7-8,17-18H,5-6,9-16H2,1-2H3,(H,24,28);1H,(H,2,3). The molecule has 1 aromatic rings. The summed E-state index contributed by atoms with van der Waals surface area (Å²) in [4.78, 5) is 38.1. The highest BCUT2D eigenvalue weighted by molar-refractivity contribution is 5.90. The van der Waals surface area contributed by atoms with Crippen LogP contribution < -0.4 is 5.32 Å². The minimum Gasteiger partial charge on any atom is -0.483 e. The Labute approximate surface area is 189 Å². The van der Waals surface area contributed by atoms with Gasteiger partial charge in [-0.2, -0.15) is 0 Å². The van der Waals surface area contributed by atoms with Crippen LogP contribution in [0.4, 0.5) is 10.5 Å². The maximum absolute atomic E-state index is 12.8. The Balaban J connectivity index is 0.000000913. The lowest BCUT2D eigenvalue weighted by Gasteiger charge is -2.36. The molecule has 1 atom stereocenters. The van der Waals surface area contributed by atoms with E-state index in [4.69, 9.17) is 14.6 Å². The van der Waals surface area contributed by atoms with Gasteiger partial charge in [0.05, 0.1) is 5.41 Å². The van der Waals surface area contributed by atoms with Gasteiger partial charge in [0, 0.05) is 31.7 Å². The fourth-order valence-electron chi connectivity index (χ4n) is 5.05. The molecule has 0 aromatic heterocycles. The predicted molar refractivity (Wildman–Crippen MR) is 122 cm³/mol. The highest BCUT2D eigenvalue weighted by atomic mass is 16.6. The summed E-state index contributed by atoms with van der Waals surface area (Å²) in [6.07, 6.45) is 4.70. The van der Waals surface area contributed by atoms with Crippen molar-refractivity contribution in [3.05, 3.63) is 29.8 Å². The smallest absolute Gasteiger partial charge is 0.321 e. The number of likely N-dealkylation sites (tertiary alicyclic amines) is 2. The van der Waals surface area contributed by atoms with Crippen molar-refractivity contribution < 1.29 is 24.2 Å². The van der Waals surface area contributed by atoms with Crippen LogP contribution in [0.2, 0.25) is 0 Å². The second-order valence-electron chi connectivity index (χ2n) is 9.28. The zero-order valence-electron chi connectivity index (χ0n) is 19.1. The summed E-state index contributed by atoms with van der Waals surface area (Å²) < 4.78 is 5.75. The van der Waals surface area contributed by atoms with Crippen LogP contribution in [0.3, 0.4) is 0 Å². The predicted octanol–water partition coefficient (Wildman–Crippen LogP) is 3.54. The van der Waals surface area contributed by atoms with Crippen LogP contribution in [-0.2, 0) is 14.3 Å². The number of hydrogen-bond acceptors (Lipinski definition) is 5. The molecule has 1 unspecified atom stereocenters. The van der Waals surface area contributed by atoms with Gasteiger partial charge in [-0.25, -0.2) is 4.79 Å². The van der Waals surface area contributed by atoms with E-state index < -0.39 is 5.41 Å². The van der Waals surface area contributed by atoms with Gasteiger partial charge in [0.1, 0.15) is 6.10 Å². The number of amides is 2. The lowest BCUT2D eigenvalue weighted by atomic mass is 9.76. The Hall–Kier alpha value is -2.61. The molecule has 176 valence electrons. The summed E-state index contributed by atoms with van der Waals surface area (Å²) in [5.74, 6) is 0.295. The van der Waals surface area contributed by atoms with Gasteiger partial charge in [-0.05, 0) is 56.3 Å². The third-order valence-electron chi connectivity index (χ3n) is 6.82. The fraction of sp³-hybridized carbons (Fsp3) is 0.625. The summed E-state index contributed by atoms with van der Waals surface area (Å²) in [7, 11) is 0. The zero-order valence-corrected chi connectivity index (χ0v) is 19.1. The lowest BCUT2D eigenvalue weighted by Crippen LogP contribution is -2.46. The van der Waals surface area contributed by atoms with Gasteiger partial charge in [0.25, 0.3) is 6.47 Å². The number of para-hydroxylation sites is 1. The molecule has 0 radical (unpaired) electrons. The molecule has 2 amide bonds. The summed E-state index contributed by atoms with van der Waals surface area (Å²) in [6.45, 7) is 8.30. The van der Waals surface area contributed by atoms with Crippen LogP contribution in [0.15, 0.2) is 24.3 Å². The summed E-state index contributed by atoms with van der Waals surface area (Å²) in [6, 6.07) is 7.88. The third kappa shape index (κ3) is 5.59. The molecule has 8 heteroatoms. The largest absolute Gasteiger partial charge is 0.483 e. The van der Waals surface area contributed by atoms with Gasteiger partial charge in [-0.15, -0.1) is 0 Å². The van der Waals surface area contributed by atoms with Crippen LogP contribution >= 0.6 is 0 Å². The topological polar surface area (TPSA) is 99.2 Å². The van der Waals surface area contributed by atoms with Crippen LogP contribution in [-0.4, -0.2) is 72.2 Å². The Morgan fingerprint density at radius 2 is 1.84 bits per heavy atom. The van der Waals surface area contributed by atoms with Crippen LogP contribution in [0, 0.1) is 5.41 Å². The highest BCUT2D eigenvalue weighted by Crippen LogP contribution is 2.43. The van der Waals surface area contributed by atoms with Crippen molar-refractivity contribution >= 4 is 24.2 Å². The Morgan fingerprint density at radius 3 is 2.47 bits per heavy atom. The number of carbonyl (C=O) groups excluding carboxylic acids is 2. The molecule has 3 aliphatic heterocycles. The molecule has 8 nitrogen and oxygen atoms in total. The number of hydrogen-bond donors (Lipinski definition) is 2. The number of benzene rings is 1. The van der Waals surface area contributed by atoms with E-state index in [-0.39, 0.29) is 24.6 Å². The van der Waals surface area contributed by atoms with E-state index in [1.807, 2.05) is 23.1 Å². The number of ether oxygens (including phenoxy) is 1. The number of nitrogens with one attached hydrogen (secondary N) is 1. The average Bonchev–Trinajstić information content (AvgIpc) is 3.37. The molecule has 1 aromatic carbocycles. The number of carboxylic acid groups (broad SMARTS) is 1. The molecule has 32 heavy (non-hydrogen) atoms. The van der Waals surface area contributed by atoms with Crippen molar-refractivity contribution in [3.63, 3.8) is 0 Å². The third-order valence-corrected chi connectivity index (χ3v) is 6.82. The molecule has 0 saturated carbocycles. The van der Waals surface area contributed by atoms with E-state index in [0.717, 1.165) is 37.3 Å². The van der Waals surface area contributed by atoms with Crippen molar-refractivity contribution in [3.8, 4) is 0 Å². The monoisotopic (exact) mass is 445 g/mol. The van der Waals surface area contributed by atoms with Gasteiger partial charge in [0.15, 0.2) is 0 Å². The number of piperidine rings is 1. The first-order valence-corrected chi connectivity index (χ1v) is 11.5. The Morgan fingerprint density at radius 1 is 1.22 bits per heavy atom. The first-order valence-electron chi connectivity index (χ1n) is 11.5. The number of urea groups is 1. The molecule has 1 spiro atoms. The van der Waals surface area contributed by atoms with Crippen LogP contribution in [0.5, 0.6) is 0 Å². The van der Waals surface area contributed by atoms with Gasteiger partial charge < -0.3 is 20.1 Å². The van der Waals surface area contributed by atoms with Gasteiger partial charge in [-0.1, -0.05) is 32.0 Å². The number of carbonyl (C=O) groups is 3. The van der Waals surface area contributed by atoms with E-state index in [9.17, 15) is 9.59 Å². The molecule has 0 aliphatic carbocycles. The van der Waals surface area contributed by atoms with E-state index in [1.165, 1.54) is 12.8 Å². The molecule has 0 bridgehead atoms. The SMILES string of the molecule is CC(C)c1ccccc1NC(=O)N1CCC2(CC1)CC(CN1CCCC1)OC2=O.O=CO. The average molecular weight is 446 g/mol. The minimum atomic E-state index is -0.392. The first-order chi connectivity index (χ1) is 15.4. The van der Waals surface area contributed by atoms with Gasteiger partial charge in [0.2, 0.25) is 0 Å². The fourth-order valence-corrected chi connectivity index (χ4v) is 5.05. The number of esters is 1. The molecule has 3 heterocycles. The van der Waals surface area contributed by atoms with Gasteiger partial charge >= 0.3 is 12.0 Å². The summed E-state index contributed by atoms with van der Waals surface area (Å²) >= 11 is 0. The number of cyclic esters (lactones) is 1. The normalized spacial score (nSPS) is 22.4. The molecule has 3 aliphatic rings. The van der Waals surface area contributed by atoms with Crippen LogP contribution in [0.25, 0.3) is 0 Å². The number of anilines is 1. The maximum Gasteiger partial charge on any atom is 0.321 e. The summed E-state index contributed by atoms with van der Waals surface area (Å²) in [5.41, 5.74) is 1.62. The molecular weight excluding hydrogens is 410 g/mol. The Bertz CT molecular complexity index is 799. The van der Waals surface area contributed by atoms with Crippen molar-refractivity contribution in [1.29, 1.82) is 0 Å². The lowest BCUT2D eigenvalue weighted by molar-refractivity contribution is -0.150. The second-order valence-corrected chi connectivity index (χ2v) is 9.28. The highest BCUT2D eigenvalue weighted by Gasteiger charge is 2.51. The number of rotatable bonds is 4. The maximum atomic E-state index is 12.8. The molecule has 4 rings (SSSR count). The first kappa shape index (κ1) is 24.0. The summed E-state index contributed by atoms with van der Waals surface area (Å²) in [5, 5.41) is 9.96. The van der Waals surface area contributed by atoms with E-state index >= 15 is 0 Å². The molecule has 3 fully saturated rings. The van der Waals surface area contributed by atoms with Gasteiger partial charge in [-0.3, -0.25) is 14.5 Å². The van der Waals surface area contributed by atoms with E-state index in [1.54, 1.807) is 0 Å². The van der Waals surface area contributed by atoms with Crippen LogP contribution in [0.1, 0.15) is 57.4 Å². The molecular formula is C24H35N3O5. The van der Waals surface area contributed by atoms with Crippen molar-refractivity contribution in [1.82, 2.24) is 9.80 Å². The Kier molecular flexibility index (Phi) is 8.12. The quantitative estimate of drug-likeness (QED) is 0.543. The van der Waals surface area contributed by atoms with Crippen molar-refractivity contribution in [2.45, 2.75) is 58.0 Å². The number of nitrogens with zero attached hydrogens (tertiary/aromatic N) is 2. The van der Waals surface area contributed by atoms with E-state index in [2.05, 4.69) is 30.1 Å².